The quantitative estimate of drug-likeness (QED) is 0.762. The Morgan fingerprint density at radius 3 is 2.95 bits per heavy atom. The van der Waals surface area contributed by atoms with Gasteiger partial charge in [0, 0.05) is 25.3 Å². The van der Waals surface area contributed by atoms with Crippen LogP contribution in [-0.2, 0) is 4.74 Å². The topological polar surface area (TPSA) is 77.8 Å². The van der Waals surface area contributed by atoms with Crippen LogP contribution in [-0.4, -0.2) is 60.8 Å². The minimum absolute atomic E-state index is 0.239. The van der Waals surface area contributed by atoms with E-state index in [-0.39, 0.29) is 6.61 Å². The molecule has 0 aliphatic carbocycles. The van der Waals surface area contributed by atoms with Crippen molar-refractivity contribution in [2.24, 2.45) is 0 Å². The van der Waals surface area contributed by atoms with Crippen LogP contribution in [0.1, 0.15) is 0 Å². The number of aliphatic hydroxyl groups excluding tert-OH is 2. The molecule has 0 amide bonds. The largest absolute Gasteiger partial charge is 0.394 e. The number of thiazole rings is 1. The molecule has 2 heterocycles. The maximum atomic E-state index is 9.37. The molecule has 1 fully saturated rings. The molecule has 1 unspecified atom stereocenters. The molecule has 1 aromatic carbocycles. The van der Waals surface area contributed by atoms with Crippen LogP contribution >= 0.6 is 11.3 Å². The molecular formula is C14H19N3O3S. The number of anilines is 2. The van der Waals surface area contributed by atoms with Crippen LogP contribution in [0.15, 0.2) is 18.2 Å². The predicted octanol–water partition coefficient (Wildman–Crippen LogP) is 0.898. The highest BCUT2D eigenvalue weighted by atomic mass is 32.1. The van der Waals surface area contributed by atoms with Crippen LogP contribution in [0.25, 0.3) is 10.2 Å². The van der Waals surface area contributed by atoms with Gasteiger partial charge in [-0.05, 0) is 18.2 Å². The van der Waals surface area contributed by atoms with Crippen molar-refractivity contribution in [2.75, 3.05) is 49.7 Å². The first-order valence-corrected chi connectivity index (χ1v) is 7.84. The molecule has 3 rings (SSSR count). The van der Waals surface area contributed by atoms with Crippen LogP contribution < -0.4 is 10.2 Å². The van der Waals surface area contributed by atoms with Gasteiger partial charge in [-0.2, -0.15) is 0 Å². The highest BCUT2D eigenvalue weighted by Gasteiger charge is 2.15. The first-order chi connectivity index (χ1) is 10.3. The Bertz CT molecular complexity index is 598. The summed E-state index contributed by atoms with van der Waals surface area (Å²) in [4.78, 5) is 6.91. The molecule has 7 heteroatoms. The van der Waals surface area contributed by atoms with Crippen LogP contribution in [0.3, 0.4) is 0 Å². The third-order valence-electron chi connectivity index (χ3n) is 3.41. The lowest BCUT2D eigenvalue weighted by Crippen LogP contribution is -2.36. The zero-order valence-electron chi connectivity index (χ0n) is 11.7. The highest BCUT2D eigenvalue weighted by molar-refractivity contribution is 7.22. The van der Waals surface area contributed by atoms with E-state index in [2.05, 4.69) is 15.2 Å². The number of fused-ring (bicyclic) bond motifs is 1. The number of rotatable bonds is 5. The molecule has 1 saturated heterocycles. The van der Waals surface area contributed by atoms with Gasteiger partial charge < -0.3 is 25.2 Å². The Morgan fingerprint density at radius 1 is 1.38 bits per heavy atom. The maximum absolute atomic E-state index is 9.37. The third kappa shape index (κ3) is 3.44. The fourth-order valence-corrected chi connectivity index (χ4v) is 3.27. The van der Waals surface area contributed by atoms with Crippen LogP contribution in [0, 0.1) is 0 Å². The lowest BCUT2D eigenvalue weighted by molar-refractivity contribution is 0.105. The molecule has 1 aliphatic heterocycles. The van der Waals surface area contributed by atoms with E-state index in [1.54, 1.807) is 11.3 Å². The second-order valence-corrected chi connectivity index (χ2v) is 6.00. The highest BCUT2D eigenvalue weighted by Crippen LogP contribution is 2.31. The first kappa shape index (κ1) is 14.5. The second-order valence-electron chi connectivity index (χ2n) is 5.00. The average molecular weight is 309 g/mol. The second kappa shape index (κ2) is 6.57. The van der Waals surface area contributed by atoms with E-state index in [1.165, 1.54) is 0 Å². The van der Waals surface area contributed by atoms with Crippen molar-refractivity contribution < 1.29 is 14.9 Å². The molecule has 0 bridgehead atoms. The van der Waals surface area contributed by atoms with Crippen LogP contribution in [0.2, 0.25) is 0 Å². The number of aliphatic hydroxyl groups is 2. The average Bonchev–Trinajstić information content (AvgIpc) is 2.96. The predicted molar refractivity (Wildman–Crippen MR) is 84.2 cm³/mol. The summed E-state index contributed by atoms with van der Waals surface area (Å²) in [6.07, 6.45) is -0.744. The molecular weight excluding hydrogens is 290 g/mol. The summed E-state index contributed by atoms with van der Waals surface area (Å²) < 4.78 is 6.47. The fourth-order valence-electron chi connectivity index (χ4n) is 2.21. The summed E-state index contributed by atoms with van der Waals surface area (Å²) >= 11 is 1.67. The lowest BCUT2D eigenvalue weighted by Gasteiger charge is -2.25. The fraction of sp³-hybridized carbons (Fsp3) is 0.500. The molecule has 6 nitrogen and oxygen atoms in total. The summed E-state index contributed by atoms with van der Waals surface area (Å²) in [7, 11) is 0. The van der Waals surface area contributed by atoms with Crippen molar-refractivity contribution in [2.45, 2.75) is 6.10 Å². The Kier molecular flexibility index (Phi) is 4.54. The minimum Gasteiger partial charge on any atom is -0.394 e. The van der Waals surface area contributed by atoms with Gasteiger partial charge in [-0.1, -0.05) is 11.3 Å². The van der Waals surface area contributed by atoms with Crippen molar-refractivity contribution in [3.8, 4) is 0 Å². The number of hydrogen-bond donors (Lipinski definition) is 3. The molecule has 0 saturated carbocycles. The van der Waals surface area contributed by atoms with E-state index in [1.807, 2.05) is 18.2 Å². The molecule has 114 valence electrons. The Hall–Kier alpha value is -1.41. The number of nitrogens with zero attached hydrogens (tertiary/aromatic N) is 2. The number of hydrogen-bond acceptors (Lipinski definition) is 7. The number of morpholine rings is 1. The lowest BCUT2D eigenvalue weighted by atomic mass is 10.3. The first-order valence-electron chi connectivity index (χ1n) is 7.02. The molecule has 0 spiro atoms. The minimum atomic E-state index is -0.744. The molecule has 0 radical (unpaired) electrons. The molecule has 1 atom stereocenters. The monoisotopic (exact) mass is 309 g/mol. The van der Waals surface area contributed by atoms with Crippen LogP contribution in [0.5, 0.6) is 0 Å². The van der Waals surface area contributed by atoms with Crippen molar-refractivity contribution in [3.05, 3.63) is 18.2 Å². The van der Waals surface area contributed by atoms with Crippen LogP contribution in [0.4, 0.5) is 10.8 Å². The SMILES string of the molecule is OCC(O)CNc1ccc2nc(N3CCOCC3)sc2c1. The van der Waals surface area contributed by atoms with E-state index >= 15 is 0 Å². The summed E-state index contributed by atoms with van der Waals surface area (Å²) in [5, 5.41) is 22.3. The summed E-state index contributed by atoms with van der Waals surface area (Å²) in [5.41, 5.74) is 1.90. The molecule has 21 heavy (non-hydrogen) atoms. The van der Waals surface area contributed by atoms with E-state index in [9.17, 15) is 5.11 Å². The number of benzene rings is 1. The number of ether oxygens (including phenoxy) is 1. The van der Waals surface area contributed by atoms with Gasteiger partial charge in [0.2, 0.25) is 0 Å². The smallest absolute Gasteiger partial charge is 0.186 e. The zero-order chi connectivity index (χ0) is 14.7. The number of nitrogens with one attached hydrogen (secondary N) is 1. The zero-order valence-corrected chi connectivity index (χ0v) is 12.5. The van der Waals surface area contributed by atoms with E-state index in [0.29, 0.717) is 6.54 Å². The van der Waals surface area contributed by atoms with Crippen molar-refractivity contribution in [1.29, 1.82) is 0 Å². The van der Waals surface area contributed by atoms with Gasteiger partial charge in [-0.15, -0.1) is 0 Å². The summed E-state index contributed by atoms with van der Waals surface area (Å²) in [5.74, 6) is 0. The number of aromatic nitrogens is 1. The Morgan fingerprint density at radius 2 is 2.19 bits per heavy atom. The van der Waals surface area contributed by atoms with E-state index in [4.69, 9.17) is 9.84 Å². The van der Waals surface area contributed by atoms with Gasteiger partial charge in [0.1, 0.15) is 0 Å². The Balaban J connectivity index is 1.75. The van der Waals surface area contributed by atoms with Gasteiger partial charge in [0.15, 0.2) is 5.13 Å². The van der Waals surface area contributed by atoms with E-state index < -0.39 is 6.10 Å². The maximum Gasteiger partial charge on any atom is 0.186 e. The van der Waals surface area contributed by atoms with E-state index in [0.717, 1.165) is 47.3 Å². The van der Waals surface area contributed by atoms with Gasteiger partial charge in [-0.25, -0.2) is 4.98 Å². The van der Waals surface area contributed by atoms with Gasteiger partial charge >= 0.3 is 0 Å². The molecule has 1 aliphatic rings. The van der Waals surface area contributed by atoms with Gasteiger partial charge in [0.05, 0.1) is 36.1 Å². The molecule has 2 aromatic rings. The van der Waals surface area contributed by atoms with Gasteiger partial charge in [-0.3, -0.25) is 0 Å². The third-order valence-corrected chi connectivity index (χ3v) is 4.49. The van der Waals surface area contributed by atoms with Gasteiger partial charge in [0.25, 0.3) is 0 Å². The normalized spacial score (nSPS) is 17.1. The Labute approximate surface area is 127 Å². The summed E-state index contributed by atoms with van der Waals surface area (Å²) in [6.45, 7) is 3.36. The summed E-state index contributed by atoms with van der Waals surface area (Å²) in [6, 6.07) is 5.94. The molecule has 1 aromatic heterocycles. The van der Waals surface area contributed by atoms with Crippen molar-refractivity contribution in [3.63, 3.8) is 0 Å². The standard InChI is InChI=1S/C14H19N3O3S/c18-9-11(19)8-15-10-1-2-12-13(7-10)21-14(16-12)17-3-5-20-6-4-17/h1-2,7,11,15,18-19H,3-6,8-9H2. The van der Waals surface area contributed by atoms with Crippen molar-refractivity contribution in [1.82, 2.24) is 4.98 Å². The molecule has 3 N–H and O–H groups in total. The van der Waals surface area contributed by atoms with Crippen molar-refractivity contribution >= 4 is 32.4 Å².